The van der Waals surface area contributed by atoms with Crippen molar-refractivity contribution in [2.24, 2.45) is 0 Å². The first-order chi connectivity index (χ1) is 29.9. The summed E-state index contributed by atoms with van der Waals surface area (Å²) in [6, 6.07) is 14.5. The Labute approximate surface area is 379 Å². The van der Waals surface area contributed by atoms with Crippen LogP contribution in [0.15, 0.2) is 42.5 Å². The van der Waals surface area contributed by atoms with Crippen molar-refractivity contribution in [3.05, 3.63) is 53.1 Å². The van der Waals surface area contributed by atoms with Gasteiger partial charge in [0.15, 0.2) is 6.79 Å². The third kappa shape index (κ3) is 8.60. The molecule has 0 N–H and O–H groups in total. The van der Waals surface area contributed by atoms with Crippen LogP contribution in [-0.4, -0.2) is 110 Å². The molecule has 0 aliphatic carbocycles. The summed E-state index contributed by atoms with van der Waals surface area (Å²) in [6.07, 6.45) is 2.88. The molecule has 338 valence electrons. The number of fused-ring (bicyclic) bond motifs is 5. The second kappa shape index (κ2) is 17.7. The average molecular weight is 899 g/mol. The standard InChI is InChI=1S/C50H65ClFN5O5Si/c1-31(2)63(32(3)4,33(5)6)22-19-34-13-11-14-35-23-39(61-30-59-10)24-42(43(34)35)40-17-18-41-45(44(40)51)53-47(60-29-50-20-12-21-56(50)26-36(52)25-50)54-46(41)55-27-37-15-16-38(28-55)57(37)48(58)62-49(7,8)9/h11,13-14,17-18,23-24,31-33,36-38H,12,15-16,20-21,25-30H2,1-10H3/t36-,37?,38?,50+/m1/s1. The van der Waals surface area contributed by atoms with Crippen molar-refractivity contribution in [2.45, 2.75) is 140 Å². The van der Waals surface area contributed by atoms with E-state index in [1.807, 2.05) is 43.9 Å². The lowest BCUT2D eigenvalue weighted by Crippen LogP contribution is -2.57. The van der Waals surface area contributed by atoms with E-state index in [0.717, 1.165) is 65.1 Å². The molecule has 4 aromatic rings. The summed E-state index contributed by atoms with van der Waals surface area (Å²) in [5, 5.41) is 3.19. The molecule has 1 aromatic heterocycles. The van der Waals surface area contributed by atoms with Crippen LogP contribution in [0, 0.1) is 11.5 Å². The van der Waals surface area contributed by atoms with E-state index in [1.165, 1.54) is 0 Å². The van der Waals surface area contributed by atoms with Crippen LogP contribution in [0.5, 0.6) is 11.8 Å². The van der Waals surface area contributed by atoms with Crippen LogP contribution in [0.3, 0.4) is 0 Å². The first kappa shape index (κ1) is 45.4. The van der Waals surface area contributed by atoms with Gasteiger partial charge in [-0.25, -0.2) is 9.18 Å². The molecule has 3 aromatic carbocycles. The summed E-state index contributed by atoms with van der Waals surface area (Å²) in [5.74, 6) is 5.09. The molecule has 4 aliphatic rings. The quantitative estimate of drug-likeness (QED) is 0.0829. The van der Waals surface area contributed by atoms with Gasteiger partial charge in [-0.15, -0.1) is 5.54 Å². The van der Waals surface area contributed by atoms with Crippen LogP contribution < -0.4 is 14.4 Å². The van der Waals surface area contributed by atoms with Gasteiger partial charge in [0.25, 0.3) is 0 Å². The van der Waals surface area contributed by atoms with Gasteiger partial charge in [-0.2, -0.15) is 9.97 Å². The molecule has 1 amide bonds. The Morgan fingerprint density at radius 2 is 1.68 bits per heavy atom. The van der Waals surface area contributed by atoms with Gasteiger partial charge < -0.3 is 23.8 Å². The van der Waals surface area contributed by atoms with Crippen molar-refractivity contribution in [2.75, 3.05) is 51.6 Å². The third-order valence-corrected chi connectivity index (χ3v) is 20.9. The number of alkyl halides is 1. The van der Waals surface area contributed by atoms with Gasteiger partial charge in [-0.1, -0.05) is 77.3 Å². The molecule has 2 bridgehead atoms. The maximum absolute atomic E-state index is 14.9. The maximum Gasteiger partial charge on any atom is 0.410 e. The SMILES string of the molecule is COCOc1cc(-c2ccc3c(N4CC5CCC(C4)N5C(=O)OC(C)(C)C)nc(OC[C@@]45CCCN4C[C@H](F)C5)nc3c2Cl)c2c(C#C[Si](C(C)C)(C(C)C)C(C)C)cccc2c1. The first-order valence-corrected chi connectivity index (χ1v) is 25.6. The second-order valence-electron chi connectivity index (χ2n) is 20.3. The Balaban J connectivity index is 1.27. The number of methoxy groups -OCH3 is 1. The van der Waals surface area contributed by atoms with Gasteiger partial charge in [0, 0.05) is 55.1 Å². The predicted molar refractivity (Wildman–Crippen MR) is 254 cm³/mol. The summed E-state index contributed by atoms with van der Waals surface area (Å²) >= 11 is 7.69. The van der Waals surface area contributed by atoms with Gasteiger partial charge in [0.1, 0.15) is 38.0 Å². The third-order valence-electron chi connectivity index (χ3n) is 14.2. The van der Waals surface area contributed by atoms with E-state index in [9.17, 15) is 9.18 Å². The molecule has 0 saturated carbocycles. The van der Waals surface area contributed by atoms with E-state index < -0.39 is 19.8 Å². The largest absolute Gasteiger partial charge is 0.468 e. The molecule has 4 aliphatic heterocycles. The average Bonchev–Trinajstić information content (AvgIpc) is 3.84. The Bertz CT molecular complexity index is 2400. The van der Waals surface area contributed by atoms with Gasteiger partial charge >= 0.3 is 12.1 Å². The highest BCUT2D eigenvalue weighted by Gasteiger charge is 2.50. The number of nitrogens with zero attached hydrogens (tertiary/aromatic N) is 5. The second-order valence-corrected chi connectivity index (χ2v) is 26.2. The number of anilines is 1. The summed E-state index contributed by atoms with van der Waals surface area (Å²) in [4.78, 5) is 30.1. The number of benzene rings is 3. The van der Waals surface area contributed by atoms with Gasteiger partial charge in [0.2, 0.25) is 0 Å². The number of hydrogen-bond acceptors (Lipinski definition) is 9. The molecule has 8 rings (SSSR count). The molecule has 4 fully saturated rings. The minimum Gasteiger partial charge on any atom is -0.468 e. The van der Waals surface area contributed by atoms with Crippen LogP contribution in [0.4, 0.5) is 15.0 Å². The van der Waals surface area contributed by atoms with Crippen molar-refractivity contribution in [1.29, 1.82) is 0 Å². The molecule has 2 unspecified atom stereocenters. The lowest BCUT2D eigenvalue weighted by atomic mass is 9.93. The van der Waals surface area contributed by atoms with E-state index in [4.69, 9.17) is 40.5 Å². The fourth-order valence-corrected chi connectivity index (χ4v) is 17.0. The number of ether oxygens (including phenoxy) is 4. The zero-order valence-electron chi connectivity index (χ0n) is 38.8. The number of aromatic nitrogens is 2. The van der Waals surface area contributed by atoms with Gasteiger partial charge in [-0.05, 0) is 105 Å². The number of rotatable bonds is 11. The molecule has 5 heterocycles. The molecular weight excluding hydrogens is 833 g/mol. The normalized spacial score (nSPS) is 22.7. The molecule has 4 atom stereocenters. The number of hydrogen-bond donors (Lipinski definition) is 0. The van der Waals surface area contributed by atoms with Gasteiger partial charge in [-0.3, -0.25) is 9.80 Å². The monoisotopic (exact) mass is 897 g/mol. The lowest BCUT2D eigenvalue weighted by molar-refractivity contribution is 0.0122. The molecule has 13 heteroatoms. The number of carbonyl (C=O) groups is 1. The Morgan fingerprint density at radius 3 is 2.35 bits per heavy atom. The molecule has 63 heavy (non-hydrogen) atoms. The summed E-state index contributed by atoms with van der Waals surface area (Å²) in [7, 11) is -0.466. The van der Waals surface area contributed by atoms with E-state index in [-0.39, 0.29) is 43.1 Å². The van der Waals surface area contributed by atoms with Crippen molar-refractivity contribution in [3.8, 4) is 34.4 Å². The van der Waals surface area contributed by atoms with Crippen LogP contribution in [0.1, 0.15) is 100.0 Å². The Hall–Kier alpha value is -4.15. The van der Waals surface area contributed by atoms with Crippen molar-refractivity contribution in [3.63, 3.8) is 0 Å². The van der Waals surface area contributed by atoms with Crippen molar-refractivity contribution >= 4 is 53.3 Å². The fourth-order valence-electron chi connectivity index (χ4n) is 11.5. The van der Waals surface area contributed by atoms with Crippen molar-refractivity contribution < 1.29 is 28.1 Å². The molecule has 10 nitrogen and oxygen atoms in total. The predicted octanol–water partition coefficient (Wildman–Crippen LogP) is 11.2. The number of piperazine rings is 1. The number of halogens is 2. The van der Waals surface area contributed by atoms with E-state index in [2.05, 4.69) is 87.1 Å². The summed E-state index contributed by atoms with van der Waals surface area (Å²) in [5.41, 5.74) is 7.54. The summed E-state index contributed by atoms with van der Waals surface area (Å²) in [6.45, 7) is 22.5. The molecule has 4 saturated heterocycles. The topological polar surface area (TPSA) is 89.5 Å². The van der Waals surface area contributed by atoms with Crippen molar-refractivity contribution in [1.82, 2.24) is 19.8 Å². The number of carbonyl (C=O) groups excluding carboxylic acids is 1. The molecule has 0 radical (unpaired) electrons. The van der Waals surface area contributed by atoms with E-state index >= 15 is 0 Å². The minimum atomic E-state index is -2.07. The zero-order chi connectivity index (χ0) is 45.0. The maximum atomic E-state index is 14.9. The zero-order valence-corrected chi connectivity index (χ0v) is 40.6. The van der Waals surface area contributed by atoms with Crippen LogP contribution in [0.25, 0.3) is 32.8 Å². The highest BCUT2D eigenvalue weighted by molar-refractivity contribution is 6.90. The van der Waals surface area contributed by atoms with Crippen LogP contribution >= 0.6 is 11.6 Å². The molecule has 0 spiro atoms. The highest BCUT2D eigenvalue weighted by atomic mass is 35.5. The van der Waals surface area contributed by atoms with Crippen LogP contribution in [0.2, 0.25) is 21.6 Å². The van der Waals surface area contributed by atoms with E-state index in [0.29, 0.717) is 64.8 Å². The Kier molecular flexibility index (Phi) is 12.7. The number of amides is 1. The summed E-state index contributed by atoms with van der Waals surface area (Å²) < 4.78 is 38.8. The van der Waals surface area contributed by atoms with E-state index in [1.54, 1.807) is 7.11 Å². The van der Waals surface area contributed by atoms with Crippen LogP contribution in [-0.2, 0) is 9.47 Å². The molecular formula is C50H65ClFN5O5Si. The van der Waals surface area contributed by atoms with Gasteiger partial charge in [0.05, 0.1) is 28.2 Å². The Morgan fingerprint density at radius 1 is 0.968 bits per heavy atom. The fraction of sp³-hybridized carbons (Fsp3) is 0.580. The first-order valence-electron chi connectivity index (χ1n) is 22.9. The highest BCUT2D eigenvalue weighted by Crippen LogP contribution is 2.46. The smallest absolute Gasteiger partial charge is 0.410 e. The minimum absolute atomic E-state index is 0.0433. The lowest BCUT2D eigenvalue weighted by Gasteiger charge is -2.42.